The van der Waals surface area contributed by atoms with E-state index in [4.69, 9.17) is 0 Å². The maximum Gasteiger partial charge on any atom is 0.157 e. The molecule has 0 aliphatic carbocycles. The highest BCUT2D eigenvalue weighted by Crippen LogP contribution is 2.36. The van der Waals surface area contributed by atoms with E-state index in [-0.39, 0.29) is 5.75 Å². The van der Waals surface area contributed by atoms with Crippen molar-refractivity contribution in [1.29, 1.82) is 0 Å². The first-order valence-electron chi connectivity index (χ1n) is 9.54. The van der Waals surface area contributed by atoms with Crippen molar-refractivity contribution in [2.75, 3.05) is 25.5 Å². The molecule has 0 saturated carbocycles. The third kappa shape index (κ3) is 3.47. The molecule has 1 aromatic heterocycles. The van der Waals surface area contributed by atoms with Gasteiger partial charge in [0.1, 0.15) is 11.4 Å². The number of phenols is 1. The standard InChI is InChI=1S/C22H26N4O/c1-14-9-10-17(19(27)12-14)21-18-8-4-6-15(2)20(18)22(25-24-21)23-16-7-5-11-26(3)13-16/h4,6,8-10,12,16,27H,5,7,11,13H2,1-3H3,(H,23,25). The molecule has 5 heteroatoms. The number of likely N-dealkylation sites (tertiary alicyclic amines) is 1. The van der Waals surface area contributed by atoms with E-state index in [0.717, 1.165) is 52.9 Å². The predicted molar refractivity (Wildman–Crippen MR) is 110 cm³/mol. The highest BCUT2D eigenvalue weighted by Gasteiger charge is 2.20. The minimum absolute atomic E-state index is 0.238. The van der Waals surface area contributed by atoms with Crippen molar-refractivity contribution in [3.63, 3.8) is 0 Å². The molecule has 2 aromatic carbocycles. The Morgan fingerprint density at radius 3 is 2.78 bits per heavy atom. The SMILES string of the molecule is Cc1ccc(-c2nnc(NC3CCCN(C)C3)c3c(C)cccc23)c(O)c1. The monoisotopic (exact) mass is 362 g/mol. The molecule has 4 rings (SSSR count). The van der Waals surface area contributed by atoms with E-state index in [9.17, 15) is 5.11 Å². The van der Waals surface area contributed by atoms with Crippen molar-refractivity contribution in [1.82, 2.24) is 15.1 Å². The minimum atomic E-state index is 0.238. The molecule has 1 fully saturated rings. The summed E-state index contributed by atoms with van der Waals surface area (Å²) >= 11 is 0. The van der Waals surface area contributed by atoms with Gasteiger partial charge in [-0.15, -0.1) is 10.2 Å². The second-order valence-electron chi connectivity index (χ2n) is 7.66. The molecule has 1 aliphatic rings. The van der Waals surface area contributed by atoms with Gasteiger partial charge in [0.25, 0.3) is 0 Å². The van der Waals surface area contributed by atoms with Crippen LogP contribution in [0.4, 0.5) is 5.82 Å². The maximum absolute atomic E-state index is 10.4. The van der Waals surface area contributed by atoms with E-state index in [1.54, 1.807) is 6.07 Å². The number of nitrogens with zero attached hydrogens (tertiary/aromatic N) is 3. The third-order valence-electron chi connectivity index (χ3n) is 5.39. The molecule has 1 saturated heterocycles. The number of phenolic OH excluding ortho intramolecular Hbond substituents is 1. The number of aromatic hydroxyl groups is 1. The zero-order chi connectivity index (χ0) is 19.0. The lowest BCUT2D eigenvalue weighted by molar-refractivity contribution is 0.261. The molecule has 2 heterocycles. The second kappa shape index (κ2) is 7.16. The first-order valence-corrected chi connectivity index (χ1v) is 9.54. The number of aryl methyl sites for hydroxylation is 2. The highest BCUT2D eigenvalue weighted by molar-refractivity contribution is 6.02. The lowest BCUT2D eigenvalue weighted by atomic mass is 9.99. The predicted octanol–water partition coefficient (Wildman–Crippen LogP) is 4.13. The summed E-state index contributed by atoms with van der Waals surface area (Å²) in [5.41, 5.74) is 3.61. The Bertz CT molecular complexity index is 985. The van der Waals surface area contributed by atoms with E-state index in [0.29, 0.717) is 11.6 Å². The van der Waals surface area contributed by atoms with Gasteiger partial charge in [0.2, 0.25) is 0 Å². The Hall–Kier alpha value is -2.66. The summed E-state index contributed by atoms with van der Waals surface area (Å²) in [4.78, 5) is 2.35. The van der Waals surface area contributed by atoms with Crippen molar-refractivity contribution >= 4 is 16.6 Å². The Balaban J connectivity index is 1.81. The summed E-state index contributed by atoms with van der Waals surface area (Å²) in [6, 6.07) is 12.2. The maximum atomic E-state index is 10.4. The van der Waals surface area contributed by atoms with Crippen LogP contribution >= 0.6 is 0 Å². The molecule has 2 N–H and O–H groups in total. The molecule has 3 aromatic rings. The van der Waals surface area contributed by atoms with Gasteiger partial charge in [0, 0.05) is 28.9 Å². The first-order chi connectivity index (χ1) is 13.0. The number of hydrogen-bond acceptors (Lipinski definition) is 5. The van der Waals surface area contributed by atoms with Gasteiger partial charge in [-0.25, -0.2) is 0 Å². The molecule has 0 amide bonds. The topological polar surface area (TPSA) is 61.3 Å². The van der Waals surface area contributed by atoms with Crippen LogP contribution in [-0.2, 0) is 0 Å². The Kier molecular flexibility index (Phi) is 4.70. The van der Waals surface area contributed by atoms with Crippen LogP contribution in [0.3, 0.4) is 0 Å². The number of piperidine rings is 1. The van der Waals surface area contributed by atoms with Gasteiger partial charge in [-0.1, -0.05) is 24.3 Å². The van der Waals surface area contributed by atoms with Crippen LogP contribution < -0.4 is 5.32 Å². The summed E-state index contributed by atoms with van der Waals surface area (Å²) in [5, 5.41) is 25.2. The lowest BCUT2D eigenvalue weighted by Gasteiger charge is -2.30. The average Bonchev–Trinajstić information content (AvgIpc) is 2.63. The number of hydrogen-bond donors (Lipinski definition) is 2. The molecule has 0 spiro atoms. The van der Waals surface area contributed by atoms with E-state index >= 15 is 0 Å². The molecular weight excluding hydrogens is 336 g/mol. The Morgan fingerprint density at radius 1 is 1.15 bits per heavy atom. The number of rotatable bonds is 3. The molecular formula is C22H26N4O. The summed E-state index contributed by atoms with van der Waals surface area (Å²) in [7, 11) is 2.16. The molecule has 0 bridgehead atoms. The summed E-state index contributed by atoms with van der Waals surface area (Å²) < 4.78 is 0. The summed E-state index contributed by atoms with van der Waals surface area (Å²) in [5.74, 6) is 1.07. The smallest absolute Gasteiger partial charge is 0.157 e. The van der Waals surface area contributed by atoms with Crippen LogP contribution in [-0.4, -0.2) is 46.4 Å². The van der Waals surface area contributed by atoms with E-state index in [2.05, 4.69) is 46.5 Å². The number of likely N-dealkylation sites (N-methyl/N-ethyl adjacent to an activating group) is 1. The quantitative estimate of drug-likeness (QED) is 0.734. The summed E-state index contributed by atoms with van der Waals surface area (Å²) in [6.07, 6.45) is 2.33. The van der Waals surface area contributed by atoms with Crippen LogP contribution in [0.5, 0.6) is 5.75 Å². The zero-order valence-electron chi connectivity index (χ0n) is 16.2. The molecule has 140 valence electrons. The van der Waals surface area contributed by atoms with Gasteiger partial charge >= 0.3 is 0 Å². The molecule has 1 aliphatic heterocycles. The normalized spacial score (nSPS) is 18.0. The Labute approximate surface area is 160 Å². The fraction of sp³-hybridized carbons (Fsp3) is 0.364. The van der Waals surface area contributed by atoms with Gasteiger partial charge < -0.3 is 15.3 Å². The number of fused-ring (bicyclic) bond motifs is 1. The number of aromatic nitrogens is 2. The summed E-state index contributed by atoms with van der Waals surface area (Å²) in [6.45, 7) is 6.22. The van der Waals surface area contributed by atoms with E-state index in [1.807, 2.05) is 25.1 Å². The Morgan fingerprint density at radius 2 is 2.00 bits per heavy atom. The molecule has 1 unspecified atom stereocenters. The van der Waals surface area contributed by atoms with Gasteiger partial charge in [0.15, 0.2) is 5.82 Å². The fourth-order valence-electron chi connectivity index (χ4n) is 4.00. The van der Waals surface area contributed by atoms with Crippen LogP contribution in [0.25, 0.3) is 22.0 Å². The highest BCUT2D eigenvalue weighted by atomic mass is 16.3. The van der Waals surface area contributed by atoms with Gasteiger partial charge in [-0.05, 0) is 63.5 Å². The third-order valence-corrected chi connectivity index (χ3v) is 5.39. The fourth-order valence-corrected chi connectivity index (χ4v) is 4.00. The molecule has 0 radical (unpaired) electrons. The van der Waals surface area contributed by atoms with Crippen molar-refractivity contribution in [3.8, 4) is 17.0 Å². The number of nitrogens with one attached hydrogen (secondary N) is 1. The van der Waals surface area contributed by atoms with Crippen LogP contribution in [0.1, 0.15) is 24.0 Å². The molecule has 1 atom stereocenters. The molecule has 5 nitrogen and oxygen atoms in total. The van der Waals surface area contributed by atoms with Crippen LogP contribution in [0.2, 0.25) is 0 Å². The first kappa shape index (κ1) is 17.7. The average molecular weight is 362 g/mol. The second-order valence-corrected chi connectivity index (χ2v) is 7.66. The van der Waals surface area contributed by atoms with Crippen molar-refractivity contribution in [3.05, 3.63) is 47.5 Å². The van der Waals surface area contributed by atoms with Crippen molar-refractivity contribution in [2.45, 2.75) is 32.7 Å². The van der Waals surface area contributed by atoms with E-state index in [1.165, 1.54) is 6.42 Å². The number of anilines is 1. The van der Waals surface area contributed by atoms with Crippen molar-refractivity contribution < 1.29 is 5.11 Å². The van der Waals surface area contributed by atoms with Gasteiger partial charge in [0.05, 0.1) is 0 Å². The van der Waals surface area contributed by atoms with Crippen LogP contribution in [0, 0.1) is 13.8 Å². The van der Waals surface area contributed by atoms with Crippen molar-refractivity contribution in [2.24, 2.45) is 0 Å². The molecule has 27 heavy (non-hydrogen) atoms. The van der Waals surface area contributed by atoms with E-state index < -0.39 is 0 Å². The van der Waals surface area contributed by atoms with Gasteiger partial charge in [-0.3, -0.25) is 0 Å². The lowest BCUT2D eigenvalue weighted by Crippen LogP contribution is -2.40. The number of benzene rings is 2. The van der Waals surface area contributed by atoms with Gasteiger partial charge in [-0.2, -0.15) is 0 Å². The zero-order valence-corrected chi connectivity index (χ0v) is 16.2. The van der Waals surface area contributed by atoms with Crippen LogP contribution in [0.15, 0.2) is 36.4 Å². The minimum Gasteiger partial charge on any atom is -0.507 e. The largest absolute Gasteiger partial charge is 0.507 e.